The first-order chi connectivity index (χ1) is 5.97. The fourth-order valence-electron chi connectivity index (χ4n) is 0.673. The van der Waals surface area contributed by atoms with Crippen LogP contribution in [0.15, 0.2) is 28.7 Å². The van der Waals surface area contributed by atoms with E-state index in [0.29, 0.717) is 5.75 Å². The van der Waals surface area contributed by atoms with Crippen LogP contribution >= 0.6 is 15.9 Å². The molecule has 0 amide bonds. The molecule has 0 heterocycles. The van der Waals surface area contributed by atoms with Gasteiger partial charge in [0.2, 0.25) is 5.94 Å². The van der Waals surface area contributed by atoms with Gasteiger partial charge in [-0.15, -0.1) is 0 Å². The van der Waals surface area contributed by atoms with Gasteiger partial charge in [0.05, 0.1) is 0 Å². The third-order valence-electron chi connectivity index (χ3n) is 1.19. The van der Waals surface area contributed by atoms with Gasteiger partial charge in [0.15, 0.2) is 0 Å². The van der Waals surface area contributed by atoms with Crippen LogP contribution in [0.5, 0.6) is 5.75 Å². The maximum atomic E-state index is 10.3. The summed E-state index contributed by atoms with van der Waals surface area (Å²) in [4.78, 5) is 0. The first kappa shape index (κ1) is 10.5. The van der Waals surface area contributed by atoms with E-state index in [0.717, 1.165) is 4.47 Å². The number of ether oxygens (including phenoxy) is 1. The Balaban J connectivity index is 2.61. The van der Waals surface area contributed by atoms with Gasteiger partial charge in [0, 0.05) is 4.47 Å². The van der Waals surface area contributed by atoms with Crippen molar-refractivity contribution < 1.29 is 17.7 Å². The van der Waals surface area contributed by atoms with Crippen LogP contribution in [-0.4, -0.2) is 18.9 Å². The highest BCUT2D eigenvalue weighted by molar-refractivity contribution is 9.10. The lowest BCUT2D eigenvalue weighted by Crippen LogP contribution is -2.10. The smallest absolute Gasteiger partial charge is 0.300 e. The average Bonchev–Trinajstić information content (AvgIpc) is 2.02. The predicted octanol–water partition coefficient (Wildman–Crippen LogP) is 1.67. The molecule has 1 aromatic carbocycles. The lowest BCUT2D eigenvalue weighted by Gasteiger charge is -2.02. The molecular weight excluding hydrogens is 260 g/mol. The van der Waals surface area contributed by atoms with Crippen molar-refractivity contribution in [1.29, 1.82) is 0 Å². The Morgan fingerprint density at radius 1 is 1.31 bits per heavy atom. The SMILES string of the molecule is O=S(=O)(O)COc1ccc(Br)cc1. The fraction of sp³-hybridized carbons (Fsp3) is 0.143. The minimum Gasteiger partial charge on any atom is -0.475 e. The van der Waals surface area contributed by atoms with E-state index < -0.39 is 16.1 Å². The zero-order valence-electron chi connectivity index (χ0n) is 6.47. The van der Waals surface area contributed by atoms with Crippen LogP contribution in [0.4, 0.5) is 0 Å². The summed E-state index contributed by atoms with van der Waals surface area (Å²) < 4.78 is 34.6. The molecule has 13 heavy (non-hydrogen) atoms. The Kier molecular flexibility index (Phi) is 3.29. The van der Waals surface area contributed by atoms with Crippen LogP contribution in [0.25, 0.3) is 0 Å². The van der Waals surface area contributed by atoms with Gasteiger partial charge < -0.3 is 4.74 Å². The Morgan fingerprint density at radius 3 is 2.31 bits per heavy atom. The molecule has 0 fully saturated rings. The van der Waals surface area contributed by atoms with Crippen molar-refractivity contribution in [1.82, 2.24) is 0 Å². The van der Waals surface area contributed by atoms with Gasteiger partial charge in [-0.3, -0.25) is 4.55 Å². The molecule has 0 aliphatic rings. The van der Waals surface area contributed by atoms with E-state index in [4.69, 9.17) is 9.29 Å². The summed E-state index contributed by atoms with van der Waals surface area (Å²) in [6.07, 6.45) is 0. The average molecular weight is 267 g/mol. The van der Waals surface area contributed by atoms with Crippen molar-refractivity contribution in [3.8, 4) is 5.75 Å². The van der Waals surface area contributed by atoms with E-state index in [1.54, 1.807) is 24.3 Å². The van der Waals surface area contributed by atoms with Crippen molar-refractivity contribution in [3.63, 3.8) is 0 Å². The lowest BCUT2D eigenvalue weighted by atomic mass is 10.3. The molecule has 4 nitrogen and oxygen atoms in total. The van der Waals surface area contributed by atoms with E-state index in [9.17, 15) is 8.42 Å². The summed E-state index contributed by atoms with van der Waals surface area (Å²) in [5, 5.41) is 0. The van der Waals surface area contributed by atoms with Crippen molar-refractivity contribution in [3.05, 3.63) is 28.7 Å². The van der Waals surface area contributed by atoms with Crippen LogP contribution < -0.4 is 4.74 Å². The van der Waals surface area contributed by atoms with Gasteiger partial charge in [0.1, 0.15) is 5.75 Å². The number of hydrogen-bond donors (Lipinski definition) is 1. The van der Waals surface area contributed by atoms with Crippen molar-refractivity contribution in [2.45, 2.75) is 0 Å². The quantitative estimate of drug-likeness (QED) is 0.846. The molecule has 0 bridgehead atoms. The summed E-state index contributed by atoms with van der Waals surface area (Å²) in [7, 11) is -4.07. The molecule has 72 valence electrons. The lowest BCUT2D eigenvalue weighted by molar-refractivity contribution is 0.353. The van der Waals surface area contributed by atoms with Gasteiger partial charge >= 0.3 is 10.1 Å². The molecule has 6 heteroatoms. The fourth-order valence-corrected chi connectivity index (χ4v) is 1.22. The number of rotatable bonds is 3. The zero-order chi connectivity index (χ0) is 9.90. The van der Waals surface area contributed by atoms with Gasteiger partial charge in [-0.05, 0) is 24.3 Å². The second kappa shape index (κ2) is 4.08. The standard InChI is InChI=1S/C7H7BrO4S/c8-6-1-3-7(4-2-6)12-5-13(9,10)11/h1-4H,5H2,(H,9,10,11). The molecule has 0 atom stereocenters. The largest absolute Gasteiger partial charge is 0.475 e. The van der Waals surface area contributed by atoms with E-state index in [1.807, 2.05) is 0 Å². The molecular formula is C7H7BrO4S. The van der Waals surface area contributed by atoms with Crippen LogP contribution in [0.3, 0.4) is 0 Å². The number of benzene rings is 1. The normalized spacial score (nSPS) is 11.2. The molecule has 0 unspecified atom stereocenters. The van der Waals surface area contributed by atoms with Gasteiger partial charge in [-0.25, -0.2) is 0 Å². The Hall–Kier alpha value is -0.590. The zero-order valence-corrected chi connectivity index (χ0v) is 8.88. The second-order valence-corrected chi connectivity index (χ2v) is 4.61. The molecule has 0 saturated carbocycles. The van der Waals surface area contributed by atoms with Crippen LogP contribution in [-0.2, 0) is 10.1 Å². The van der Waals surface area contributed by atoms with E-state index in [2.05, 4.69) is 15.9 Å². The maximum absolute atomic E-state index is 10.3. The number of hydrogen-bond acceptors (Lipinski definition) is 3. The molecule has 0 aromatic heterocycles. The van der Waals surface area contributed by atoms with Gasteiger partial charge in [-0.2, -0.15) is 8.42 Å². The minimum absolute atomic E-state index is 0.390. The summed E-state index contributed by atoms with van der Waals surface area (Å²) in [6, 6.07) is 6.60. The second-order valence-electron chi connectivity index (χ2n) is 2.30. The molecule has 0 aliphatic carbocycles. The monoisotopic (exact) mass is 266 g/mol. The molecule has 0 aliphatic heterocycles. The topological polar surface area (TPSA) is 63.6 Å². The van der Waals surface area contributed by atoms with Crippen molar-refractivity contribution in [2.24, 2.45) is 0 Å². The van der Waals surface area contributed by atoms with Gasteiger partial charge in [0.25, 0.3) is 0 Å². The molecule has 0 radical (unpaired) electrons. The minimum atomic E-state index is -4.07. The highest BCUT2D eigenvalue weighted by Gasteiger charge is 2.04. The third-order valence-corrected chi connectivity index (χ3v) is 2.13. The first-order valence-corrected chi connectivity index (χ1v) is 5.71. The van der Waals surface area contributed by atoms with Crippen LogP contribution in [0.1, 0.15) is 0 Å². The summed E-state index contributed by atoms with van der Waals surface area (Å²) in [5.74, 6) is -0.338. The summed E-state index contributed by atoms with van der Waals surface area (Å²) >= 11 is 3.21. The summed E-state index contributed by atoms with van der Waals surface area (Å²) in [5.41, 5.74) is 0. The van der Waals surface area contributed by atoms with E-state index >= 15 is 0 Å². The molecule has 1 aromatic rings. The summed E-state index contributed by atoms with van der Waals surface area (Å²) in [6.45, 7) is 0. The first-order valence-electron chi connectivity index (χ1n) is 3.31. The molecule has 1 rings (SSSR count). The molecule has 0 saturated heterocycles. The van der Waals surface area contributed by atoms with Gasteiger partial charge in [-0.1, -0.05) is 15.9 Å². The van der Waals surface area contributed by atoms with E-state index in [-0.39, 0.29) is 0 Å². The Bertz CT molecular complexity index is 370. The Morgan fingerprint density at radius 2 is 1.85 bits per heavy atom. The van der Waals surface area contributed by atoms with E-state index in [1.165, 1.54) is 0 Å². The van der Waals surface area contributed by atoms with Crippen molar-refractivity contribution >= 4 is 26.0 Å². The Labute approximate surface area is 84.4 Å². The number of halogens is 1. The highest BCUT2D eigenvalue weighted by atomic mass is 79.9. The molecule has 0 spiro atoms. The maximum Gasteiger partial charge on any atom is 0.300 e. The van der Waals surface area contributed by atoms with Crippen LogP contribution in [0.2, 0.25) is 0 Å². The molecule has 1 N–H and O–H groups in total. The third kappa shape index (κ3) is 4.25. The highest BCUT2D eigenvalue weighted by Crippen LogP contribution is 2.16. The van der Waals surface area contributed by atoms with Crippen LogP contribution in [0, 0.1) is 0 Å². The van der Waals surface area contributed by atoms with Crippen molar-refractivity contribution in [2.75, 3.05) is 5.94 Å². The predicted molar refractivity (Wildman–Crippen MR) is 51.2 cm³/mol.